The van der Waals surface area contributed by atoms with E-state index in [9.17, 15) is 20.1 Å². The van der Waals surface area contributed by atoms with Crippen LogP contribution in [0.2, 0.25) is 0 Å². The lowest BCUT2D eigenvalue weighted by Crippen LogP contribution is -2.52. The highest BCUT2D eigenvalue weighted by Crippen LogP contribution is 2.23. The summed E-state index contributed by atoms with van der Waals surface area (Å²) in [7, 11) is 0. The van der Waals surface area contributed by atoms with E-state index in [0.717, 1.165) is 5.56 Å². The number of hydrogen-bond acceptors (Lipinski definition) is 4. The minimum absolute atomic E-state index is 0.123. The molecular formula is C18H27NO4. The fourth-order valence-electron chi connectivity index (χ4n) is 2.91. The number of hydrogen-bond donors (Lipinski definition) is 3. The molecule has 1 heterocycles. The molecule has 0 unspecified atom stereocenters. The zero-order valence-electron chi connectivity index (χ0n) is 14.0. The lowest BCUT2D eigenvalue weighted by molar-refractivity contribution is -0.0598. The molecule has 1 saturated heterocycles. The molecule has 1 aromatic rings. The van der Waals surface area contributed by atoms with Crippen LogP contribution in [0.4, 0.5) is 0 Å². The second-order valence-corrected chi connectivity index (χ2v) is 7.23. The SMILES string of the molecule is CC(C)(O)CCc1cccc(C(=O)N2CCC[C@](O)(CO)C2)c1. The number of rotatable bonds is 5. The van der Waals surface area contributed by atoms with Crippen molar-refractivity contribution >= 4 is 5.91 Å². The Labute approximate surface area is 137 Å². The number of likely N-dealkylation sites (tertiary alicyclic amines) is 1. The number of aryl methyl sites for hydroxylation is 1. The quantitative estimate of drug-likeness (QED) is 0.765. The Bertz CT molecular complexity index is 552. The largest absolute Gasteiger partial charge is 0.393 e. The molecule has 0 radical (unpaired) electrons. The number of carbonyl (C=O) groups excluding carboxylic acids is 1. The molecule has 0 aromatic heterocycles. The van der Waals surface area contributed by atoms with Crippen molar-refractivity contribution in [2.75, 3.05) is 19.7 Å². The predicted molar refractivity (Wildman–Crippen MR) is 88.2 cm³/mol. The fourth-order valence-corrected chi connectivity index (χ4v) is 2.91. The summed E-state index contributed by atoms with van der Waals surface area (Å²) in [5.74, 6) is -0.123. The van der Waals surface area contributed by atoms with Gasteiger partial charge >= 0.3 is 0 Å². The number of benzene rings is 1. The Kier molecular flexibility index (Phi) is 5.45. The molecule has 2 rings (SSSR count). The predicted octanol–water partition coefficient (Wildman–Crippen LogP) is 1.35. The van der Waals surface area contributed by atoms with E-state index in [1.54, 1.807) is 24.8 Å². The summed E-state index contributed by atoms with van der Waals surface area (Å²) in [6, 6.07) is 7.40. The van der Waals surface area contributed by atoms with Crippen LogP contribution in [0.15, 0.2) is 24.3 Å². The first kappa shape index (κ1) is 17.9. The molecule has 1 amide bonds. The van der Waals surface area contributed by atoms with Gasteiger partial charge in [0.1, 0.15) is 5.60 Å². The highest BCUT2D eigenvalue weighted by molar-refractivity contribution is 5.94. The van der Waals surface area contributed by atoms with Gasteiger partial charge in [-0.15, -0.1) is 0 Å². The number of amides is 1. The molecule has 5 heteroatoms. The van der Waals surface area contributed by atoms with Gasteiger partial charge < -0.3 is 20.2 Å². The summed E-state index contributed by atoms with van der Waals surface area (Å²) < 4.78 is 0. The zero-order chi connectivity index (χ0) is 17.1. The first-order valence-electron chi connectivity index (χ1n) is 8.16. The molecule has 128 valence electrons. The molecule has 0 aliphatic carbocycles. The Morgan fingerprint density at radius 1 is 1.39 bits per heavy atom. The monoisotopic (exact) mass is 321 g/mol. The van der Waals surface area contributed by atoms with Crippen molar-refractivity contribution in [3.8, 4) is 0 Å². The van der Waals surface area contributed by atoms with E-state index in [4.69, 9.17) is 0 Å². The standard InChI is InChI=1S/C18H27NO4/c1-17(2,22)9-7-14-5-3-6-15(11-14)16(21)19-10-4-8-18(23,12-19)13-20/h3,5-6,11,20,22-23H,4,7-10,12-13H2,1-2H3/t18-/m1/s1. The molecule has 0 saturated carbocycles. The molecule has 3 N–H and O–H groups in total. The van der Waals surface area contributed by atoms with Crippen LogP contribution in [0.3, 0.4) is 0 Å². The average molecular weight is 321 g/mol. The van der Waals surface area contributed by atoms with Gasteiger partial charge in [0.05, 0.1) is 18.8 Å². The molecule has 1 fully saturated rings. The summed E-state index contributed by atoms with van der Waals surface area (Å²) in [5.41, 5.74) is -0.329. The van der Waals surface area contributed by atoms with E-state index in [1.165, 1.54) is 0 Å². The molecular weight excluding hydrogens is 294 g/mol. The number of aliphatic hydroxyl groups excluding tert-OH is 1. The number of carbonyl (C=O) groups is 1. The van der Waals surface area contributed by atoms with Crippen LogP contribution in [-0.4, -0.2) is 57.0 Å². The van der Waals surface area contributed by atoms with Gasteiger partial charge in [-0.25, -0.2) is 0 Å². The Morgan fingerprint density at radius 3 is 2.78 bits per heavy atom. The van der Waals surface area contributed by atoms with Gasteiger partial charge in [0, 0.05) is 12.1 Å². The minimum atomic E-state index is -1.19. The number of piperidine rings is 1. The highest BCUT2D eigenvalue weighted by atomic mass is 16.3. The van der Waals surface area contributed by atoms with Crippen LogP contribution in [0.5, 0.6) is 0 Å². The number of nitrogens with zero attached hydrogens (tertiary/aromatic N) is 1. The fraction of sp³-hybridized carbons (Fsp3) is 0.611. The van der Waals surface area contributed by atoms with Crippen LogP contribution in [0.1, 0.15) is 49.0 Å². The normalized spacial score (nSPS) is 22.2. The van der Waals surface area contributed by atoms with Crippen molar-refractivity contribution in [1.29, 1.82) is 0 Å². The number of β-amino-alcohol motifs (C(OH)–C–C–N with tert-alkyl or cyclic N) is 1. The lowest BCUT2D eigenvalue weighted by atomic mass is 9.93. The van der Waals surface area contributed by atoms with Gasteiger partial charge in [0.25, 0.3) is 5.91 Å². The van der Waals surface area contributed by atoms with Gasteiger partial charge in [-0.2, -0.15) is 0 Å². The van der Waals surface area contributed by atoms with E-state index in [-0.39, 0.29) is 19.1 Å². The summed E-state index contributed by atoms with van der Waals surface area (Å²) in [5, 5.41) is 29.3. The van der Waals surface area contributed by atoms with Gasteiger partial charge in [-0.3, -0.25) is 4.79 Å². The number of aliphatic hydroxyl groups is 3. The summed E-state index contributed by atoms with van der Waals surface area (Å²) in [6.45, 7) is 3.96. The summed E-state index contributed by atoms with van der Waals surface area (Å²) in [6.07, 6.45) is 2.52. The van der Waals surface area contributed by atoms with Crippen LogP contribution in [-0.2, 0) is 6.42 Å². The Morgan fingerprint density at radius 2 is 2.13 bits per heavy atom. The molecule has 1 aromatic carbocycles. The maximum atomic E-state index is 12.6. The van der Waals surface area contributed by atoms with Crippen LogP contribution < -0.4 is 0 Å². The maximum Gasteiger partial charge on any atom is 0.253 e. The third-order valence-electron chi connectivity index (χ3n) is 4.34. The topological polar surface area (TPSA) is 81.0 Å². The summed E-state index contributed by atoms with van der Waals surface area (Å²) in [4.78, 5) is 14.2. The van der Waals surface area contributed by atoms with E-state index in [0.29, 0.717) is 37.8 Å². The minimum Gasteiger partial charge on any atom is -0.393 e. The van der Waals surface area contributed by atoms with E-state index in [2.05, 4.69) is 0 Å². The highest BCUT2D eigenvalue weighted by Gasteiger charge is 2.34. The van der Waals surface area contributed by atoms with E-state index >= 15 is 0 Å². The van der Waals surface area contributed by atoms with Crippen molar-refractivity contribution < 1.29 is 20.1 Å². The molecule has 1 aliphatic rings. The second-order valence-electron chi connectivity index (χ2n) is 7.23. The molecule has 23 heavy (non-hydrogen) atoms. The van der Waals surface area contributed by atoms with Crippen LogP contribution in [0.25, 0.3) is 0 Å². The zero-order valence-corrected chi connectivity index (χ0v) is 14.0. The van der Waals surface area contributed by atoms with Crippen molar-refractivity contribution in [3.63, 3.8) is 0 Å². The Hall–Kier alpha value is -1.43. The van der Waals surface area contributed by atoms with Crippen molar-refractivity contribution in [1.82, 2.24) is 4.90 Å². The second kappa shape index (κ2) is 6.99. The lowest BCUT2D eigenvalue weighted by Gasteiger charge is -2.38. The summed E-state index contributed by atoms with van der Waals surface area (Å²) >= 11 is 0. The van der Waals surface area contributed by atoms with Crippen molar-refractivity contribution in [2.24, 2.45) is 0 Å². The van der Waals surface area contributed by atoms with Crippen molar-refractivity contribution in [3.05, 3.63) is 35.4 Å². The van der Waals surface area contributed by atoms with E-state index < -0.39 is 11.2 Å². The third kappa shape index (κ3) is 5.03. The smallest absolute Gasteiger partial charge is 0.253 e. The molecule has 1 aliphatic heterocycles. The molecule has 0 bridgehead atoms. The third-order valence-corrected chi connectivity index (χ3v) is 4.34. The first-order valence-corrected chi connectivity index (χ1v) is 8.16. The Balaban J connectivity index is 2.07. The van der Waals surface area contributed by atoms with E-state index in [1.807, 2.05) is 18.2 Å². The van der Waals surface area contributed by atoms with Crippen LogP contribution in [0, 0.1) is 0 Å². The molecule has 0 spiro atoms. The van der Waals surface area contributed by atoms with Crippen LogP contribution >= 0.6 is 0 Å². The van der Waals surface area contributed by atoms with Gasteiger partial charge in [0.15, 0.2) is 0 Å². The molecule has 5 nitrogen and oxygen atoms in total. The molecule has 1 atom stereocenters. The van der Waals surface area contributed by atoms with Gasteiger partial charge in [0.2, 0.25) is 0 Å². The maximum absolute atomic E-state index is 12.6. The first-order chi connectivity index (χ1) is 10.7. The van der Waals surface area contributed by atoms with Gasteiger partial charge in [-0.05, 0) is 57.2 Å². The van der Waals surface area contributed by atoms with Crippen molar-refractivity contribution in [2.45, 2.75) is 50.7 Å². The average Bonchev–Trinajstić information content (AvgIpc) is 2.52. The van der Waals surface area contributed by atoms with Gasteiger partial charge in [-0.1, -0.05) is 12.1 Å².